The van der Waals surface area contributed by atoms with Crippen LogP contribution in [-0.2, 0) is 23.1 Å². The highest BCUT2D eigenvalue weighted by molar-refractivity contribution is 7.86. The molecule has 0 aliphatic rings. The van der Waals surface area contributed by atoms with Crippen LogP contribution < -0.4 is 4.57 Å². The van der Waals surface area contributed by atoms with Crippen molar-refractivity contribution >= 4 is 10.1 Å². The molecule has 1 heterocycles. The van der Waals surface area contributed by atoms with E-state index in [1.807, 2.05) is 0 Å². The first kappa shape index (κ1) is 24.8. The van der Waals surface area contributed by atoms with Crippen LogP contribution in [0.25, 0.3) is 0 Å². The highest BCUT2D eigenvalue weighted by Gasteiger charge is 2.36. The number of nitrogens with zero attached hydrogens (tertiary/aromatic N) is 1. The third-order valence-electron chi connectivity index (χ3n) is 3.76. The van der Waals surface area contributed by atoms with E-state index in [4.69, 9.17) is 13.0 Å². The number of rotatable bonds is 10. The summed E-state index contributed by atoms with van der Waals surface area (Å²) in [6.45, 7) is 5.71. The average Bonchev–Trinajstić information content (AvgIpc) is 2.53. The molecule has 8 heteroatoms. The number of aryl methyl sites for hydroxylation is 2. The lowest BCUT2D eigenvalue weighted by Gasteiger charge is -2.08. The number of hydrogen-bond acceptors (Lipinski definition) is 3. The molecule has 0 aliphatic carbocycles. The summed E-state index contributed by atoms with van der Waals surface area (Å²) in [5, 5.41) is 0. The van der Waals surface area contributed by atoms with Crippen molar-refractivity contribution in [3.05, 3.63) is 30.1 Å². The summed E-state index contributed by atoms with van der Waals surface area (Å²) in [7, 11) is -6.09. The standard InChI is InChI=1S/C17H30N.CHF3O3S/c1-3-5-6-7-8-9-10-14-18-15-11-13-17(16-18)12-4-2;2-1(3,4)8(5,6)7/h11,13,15-16H,3-10,12,14H2,1-2H3;(H,5,6,7)/q+1;/p-1. The maximum Gasteiger partial charge on any atom is 0.485 e. The van der Waals surface area contributed by atoms with Gasteiger partial charge in [-0.3, -0.25) is 0 Å². The van der Waals surface area contributed by atoms with Gasteiger partial charge in [0, 0.05) is 18.1 Å². The van der Waals surface area contributed by atoms with E-state index in [-0.39, 0.29) is 0 Å². The van der Waals surface area contributed by atoms with E-state index in [2.05, 4.69) is 42.9 Å². The van der Waals surface area contributed by atoms with Crippen molar-refractivity contribution in [2.45, 2.75) is 83.7 Å². The molecule has 0 fully saturated rings. The lowest BCUT2D eigenvalue weighted by molar-refractivity contribution is -0.697. The maximum absolute atomic E-state index is 10.7. The Bertz CT molecular complexity index is 590. The first-order valence-electron chi connectivity index (χ1n) is 9.12. The van der Waals surface area contributed by atoms with Crippen molar-refractivity contribution in [1.82, 2.24) is 0 Å². The first-order valence-corrected chi connectivity index (χ1v) is 10.5. The van der Waals surface area contributed by atoms with Gasteiger partial charge in [0.25, 0.3) is 0 Å². The van der Waals surface area contributed by atoms with Crippen LogP contribution in [0.2, 0.25) is 0 Å². The lowest BCUT2D eigenvalue weighted by atomic mass is 10.1. The zero-order valence-corrected chi connectivity index (χ0v) is 16.4. The van der Waals surface area contributed by atoms with Gasteiger partial charge in [0.2, 0.25) is 0 Å². The van der Waals surface area contributed by atoms with Crippen molar-refractivity contribution < 1.29 is 30.7 Å². The van der Waals surface area contributed by atoms with Crippen LogP contribution in [0.3, 0.4) is 0 Å². The molecular formula is C18H30F3NO3S. The predicted molar refractivity (Wildman–Crippen MR) is 94.4 cm³/mol. The maximum atomic E-state index is 10.7. The van der Waals surface area contributed by atoms with Crippen LogP contribution in [0.1, 0.15) is 70.8 Å². The molecule has 1 aromatic rings. The predicted octanol–water partition coefficient (Wildman–Crippen LogP) is 4.73. The molecule has 0 atom stereocenters. The number of unbranched alkanes of at least 4 members (excludes halogenated alkanes) is 6. The molecule has 0 bridgehead atoms. The number of hydrogen-bond donors (Lipinski definition) is 0. The van der Waals surface area contributed by atoms with Gasteiger partial charge in [-0.2, -0.15) is 13.2 Å². The molecule has 0 unspecified atom stereocenters. The Labute approximate surface area is 155 Å². The van der Waals surface area contributed by atoms with Crippen LogP contribution in [0, 0.1) is 0 Å². The second-order valence-electron chi connectivity index (χ2n) is 6.22. The minimum Gasteiger partial charge on any atom is -0.741 e. The van der Waals surface area contributed by atoms with E-state index in [1.54, 1.807) is 0 Å². The Balaban J connectivity index is 0.000000660. The summed E-state index contributed by atoms with van der Waals surface area (Å²) in [6.07, 6.45) is 16.7. The molecule has 152 valence electrons. The zero-order valence-electron chi connectivity index (χ0n) is 15.6. The topological polar surface area (TPSA) is 61.1 Å². The van der Waals surface area contributed by atoms with Crippen molar-refractivity contribution in [3.63, 3.8) is 0 Å². The summed E-state index contributed by atoms with van der Waals surface area (Å²) in [4.78, 5) is 0. The van der Waals surface area contributed by atoms with E-state index >= 15 is 0 Å². The molecule has 26 heavy (non-hydrogen) atoms. The fourth-order valence-electron chi connectivity index (χ4n) is 2.40. The zero-order chi connectivity index (χ0) is 20.1. The third kappa shape index (κ3) is 12.2. The largest absolute Gasteiger partial charge is 0.741 e. The Kier molecular flexibility index (Phi) is 12.5. The second kappa shape index (κ2) is 13.1. The van der Waals surface area contributed by atoms with Gasteiger partial charge < -0.3 is 4.55 Å². The Morgan fingerprint density at radius 1 is 1.00 bits per heavy atom. The van der Waals surface area contributed by atoms with Crippen molar-refractivity contribution in [2.75, 3.05) is 0 Å². The smallest absolute Gasteiger partial charge is 0.485 e. The minimum absolute atomic E-state index is 1.19. The molecule has 0 saturated heterocycles. The Hall–Kier alpha value is -1.15. The van der Waals surface area contributed by atoms with Crippen molar-refractivity contribution in [1.29, 1.82) is 0 Å². The van der Waals surface area contributed by atoms with Gasteiger partial charge in [-0.1, -0.05) is 52.4 Å². The molecule has 0 radical (unpaired) electrons. The van der Waals surface area contributed by atoms with Crippen molar-refractivity contribution in [3.8, 4) is 0 Å². The Morgan fingerprint density at radius 3 is 2.04 bits per heavy atom. The van der Waals surface area contributed by atoms with Gasteiger partial charge in [0.15, 0.2) is 22.5 Å². The van der Waals surface area contributed by atoms with Crippen LogP contribution in [0.5, 0.6) is 0 Å². The van der Waals surface area contributed by atoms with Gasteiger partial charge in [-0.25, -0.2) is 13.0 Å². The van der Waals surface area contributed by atoms with Gasteiger partial charge >= 0.3 is 5.51 Å². The minimum atomic E-state index is -6.09. The quantitative estimate of drug-likeness (QED) is 0.248. The van der Waals surface area contributed by atoms with Crippen LogP contribution in [0.4, 0.5) is 13.2 Å². The van der Waals surface area contributed by atoms with Gasteiger partial charge in [0.05, 0.1) is 0 Å². The van der Waals surface area contributed by atoms with Crippen LogP contribution in [0.15, 0.2) is 24.5 Å². The highest BCUT2D eigenvalue weighted by Crippen LogP contribution is 2.20. The molecule has 0 spiro atoms. The first-order chi connectivity index (χ1) is 12.1. The molecule has 4 nitrogen and oxygen atoms in total. The number of halogens is 3. The molecule has 1 aromatic heterocycles. The van der Waals surface area contributed by atoms with E-state index in [1.165, 1.54) is 69.9 Å². The normalized spacial score (nSPS) is 11.8. The summed E-state index contributed by atoms with van der Waals surface area (Å²) in [5.74, 6) is 0. The highest BCUT2D eigenvalue weighted by atomic mass is 32.2. The third-order valence-corrected chi connectivity index (χ3v) is 4.33. The van der Waals surface area contributed by atoms with E-state index < -0.39 is 15.6 Å². The van der Waals surface area contributed by atoms with Crippen LogP contribution in [-0.4, -0.2) is 18.5 Å². The molecular weight excluding hydrogens is 367 g/mol. The number of alkyl halides is 3. The molecule has 0 aromatic carbocycles. The summed E-state index contributed by atoms with van der Waals surface area (Å²) in [5.41, 5.74) is -4.17. The summed E-state index contributed by atoms with van der Waals surface area (Å²) >= 11 is 0. The molecule has 0 aliphatic heterocycles. The van der Waals surface area contributed by atoms with Gasteiger partial charge in [0.1, 0.15) is 6.54 Å². The van der Waals surface area contributed by atoms with Gasteiger partial charge in [-0.05, 0) is 18.9 Å². The fourth-order valence-corrected chi connectivity index (χ4v) is 2.40. The SMILES string of the molecule is CCCCCCCCC[n+]1cccc(CCC)c1.O=S(=O)([O-])C(F)(F)F. The summed E-state index contributed by atoms with van der Waals surface area (Å²) < 4.78 is 61.3. The number of aromatic nitrogens is 1. The lowest BCUT2D eigenvalue weighted by Crippen LogP contribution is -2.33. The molecule has 1 rings (SSSR count). The Morgan fingerprint density at radius 2 is 1.54 bits per heavy atom. The van der Waals surface area contributed by atoms with E-state index in [0.717, 1.165) is 0 Å². The van der Waals surface area contributed by atoms with Crippen molar-refractivity contribution in [2.24, 2.45) is 0 Å². The average molecular weight is 398 g/mol. The van der Waals surface area contributed by atoms with E-state index in [0.29, 0.717) is 0 Å². The van der Waals surface area contributed by atoms with Gasteiger partial charge in [-0.15, -0.1) is 0 Å². The number of pyridine rings is 1. The molecule has 0 amide bonds. The fraction of sp³-hybridized carbons (Fsp3) is 0.722. The monoisotopic (exact) mass is 397 g/mol. The second-order valence-corrected chi connectivity index (χ2v) is 7.59. The van der Waals surface area contributed by atoms with Crippen LogP contribution >= 0.6 is 0 Å². The summed E-state index contributed by atoms with van der Waals surface area (Å²) in [6, 6.07) is 4.43. The molecule has 0 N–H and O–H groups in total. The van der Waals surface area contributed by atoms with E-state index in [9.17, 15) is 13.2 Å². The molecule has 0 saturated carbocycles.